The number of carbonyl (C=O) groups excluding carboxylic acids is 1. The van der Waals surface area contributed by atoms with E-state index in [0.29, 0.717) is 17.0 Å². The fraction of sp³-hybridized carbons (Fsp3) is 0.308. The lowest BCUT2D eigenvalue weighted by Crippen LogP contribution is -2.28. The molecule has 0 aliphatic heterocycles. The summed E-state index contributed by atoms with van der Waals surface area (Å²) in [6.45, 7) is 0.142. The number of rotatable bonds is 5. The topological polar surface area (TPSA) is 69.0 Å². The van der Waals surface area contributed by atoms with Gasteiger partial charge in [0.25, 0.3) is 0 Å². The lowest BCUT2D eigenvalue weighted by molar-refractivity contribution is -0.274. The molecule has 0 aliphatic rings. The van der Waals surface area contributed by atoms with Crippen LogP contribution in [0.3, 0.4) is 0 Å². The number of nitrogens with zero attached hydrogens (tertiary/aromatic N) is 3. The number of thioether (sulfide) groups is 1. The second-order valence-corrected chi connectivity index (χ2v) is 5.30. The number of hydrogen-bond acceptors (Lipinski definition) is 5. The average molecular weight is 346 g/mol. The molecule has 0 radical (unpaired) electrons. The molecule has 6 nitrogen and oxygen atoms in total. The predicted octanol–water partition coefficient (Wildman–Crippen LogP) is 2.80. The third kappa shape index (κ3) is 5.47. The largest absolute Gasteiger partial charge is 0.573 e. The molecule has 0 atom stereocenters. The van der Waals surface area contributed by atoms with Crippen molar-refractivity contribution in [2.24, 2.45) is 0 Å². The fourth-order valence-corrected chi connectivity index (χ4v) is 2.11. The number of alkyl halides is 3. The minimum Gasteiger partial charge on any atom is -0.406 e. The lowest BCUT2D eigenvalue weighted by atomic mass is 10.2. The maximum Gasteiger partial charge on any atom is 0.573 e. The zero-order chi connectivity index (χ0) is 16.9. The SMILES string of the molecule is CSCc1cn(C(=O)NCc2ccc(OC(F)(F)F)cc2)nn1. The van der Waals surface area contributed by atoms with Crippen molar-refractivity contribution in [3.63, 3.8) is 0 Å². The molecule has 0 saturated carbocycles. The summed E-state index contributed by atoms with van der Waals surface area (Å²) >= 11 is 1.56. The van der Waals surface area contributed by atoms with E-state index in [2.05, 4.69) is 20.4 Å². The summed E-state index contributed by atoms with van der Waals surface area (Å²) in [6, 6.07) is 4.76. The Bertz CT molecular complexity index is 658. The Morgan fingerprint density at radius 1 is 1.35 bits per heavy atom. The molecule has 0 fully saturated rings. The number of halogens is 3. The van der Waals surface area contributed by atoms with Crippen molar-refractivity contribution < 1.29 is 22.7 Å². The van der Waals surface area contributed by atoms with Crippen molar-refractivity contribution in [1.29, 1.82) is 0 Å². The molecule has 1 N–H and O–H groups in total. The molecule has 2 rings (SSSR count). The summed E-state index contributed by atoms with van der Waals surface area (Å²) in [6.07, 6.45) is -1.30. The van der Waals surface area contributed by atoms with Gasteiger partial charge in [-0.3, -0.25) is 0 Å². The quantitative estimate of drug-likeness (QED) is 0.902. The minimum absolute atomic E-state index is 0.142. The molecule has 0 bridgehead atoms. The molecule has 0 saturated heterocycles. The van der Waals surface area contributed by atoms with Gasteiger partial charge >= 0.3 is 12.4 Å². The molecular formula is C13H13F3N4O2S. The number of hydrogen-bond donors (Lipinski definition) is 1. The summed E-state index contributed by atoms with van der Waals surface area (Å²) in [7, 11) is 0. The molecule has 1 heterocycles. The lowest BCUT2D eigenvalue weighted by Gasteiger charge is -2.09. The Hall–Kier alpha value is -2.23. The van der Waals surface area contributed by atoms with E-state index < -0.39 is 12.4 Å². The molecule has 124 valence electrons. The summed E-state index contributed by atoms with van der Waals surface area (Å²) in [4.78, 5) is 11.9. The van der Waals surface area contributed by atoms with E-state index in [0.717, 1.165) is 4.68 Å². The van der Waals surface area contributed by atoms with Crippen LogP contribution in [-0.2, 0) is 12.3 Å². The van der Waals surface area contributed by atoms with Gasteiger partial charge in [-0.05, 0) is 24.0 Å². The van der Waals surface area contributed by atoms with Crippen LogP contribution in [0.1, 0.15) is 11.3 Å². The third-order valence-corrected chi connectivity index (χ3v) is 3.23. The Labute approximate surface area is 134 Å². The number of aromatic nitrogens is 3. The van der Waals surface area contributed by atoms with Gasteiger partial charge in [-0.1, -0.05) is 17.3 Å². The molecule has 0 aliphatic carbocycles. The smallest absolute Gasteiger partial charge is 0.406 e. The van der Waals surface area contributed by atoms with E-state index in [1.165, 1.54) is 30.5 Å². The van der Waals surface area contributed by atoms with Crippen LogP contribution in [0.15, 0.2) is 30.5 Å². The van der Waals surface area contributed by atoms with Crippen molar-refractivity contribution in [3.8, 4) is 5.75 Å². The first-order valence-corrected chi connectivity index (χ1v) is 7.80. The van der Waals surface area contributed by atoms with Crippen LogP contribution in [-0.4, -0.2) is 33.6 Å². The van der Waals surface area contributed by atoms with E-state index in [4.69, 9.17) is 0 Å². The third-order valence-electron chi connectivity index (χ3n) is 2.64. The molecule has 23 heavy (non-hydrogen) atoms. The van der Waals surface area contributed by atoms with E-state index in [1.54, 1.807) is 11.8 Å². The highest BCUT2D eigenvalue weighted by Crippen LogP contribution is 2.22. The van der Waals surface area contributed by atoms with Crippen molar-refractivity contribution in [1.82, 2.24) is 20.3 Å². The highest BCUT2D eigenvalue weighted by atomic mass is 32.2. The maximum absolute atomic E-state index is 12.0. The second kappa shape index (κ2) is 7.36. The molecule has 1 aromatic heterocycles. The number of benzene rings is 1. The first kappa shape index (κ1) is 17.1. The van der Waals surface area contributed by atoms with Crippen LogP contribution in [0.4, 0.5) is 18.0 Å². The van der Waals surface area contributed by atoms with E-state index in [9.17, 15) is 18.0 Å². The molecular weight excluding hydrogens is 333 g/mol. The second-order valence-electron chi connectivity index (χ2n) is 4.44. The Morgan fingerprint density at radius 3 is 2.65 bits per heavy atom. The molecule has 0 spiro atoms. The van der Waals surface area contributed by atoms with Crippen molar-refractivity contribution in [2.75, 3.05) is 6.26 Å². The highest BCUT2D eigenvalue weighted by molar-refractivity contribution is 7.97. The number of carbonyl (C=O) groups is 1. The van der Waals surface area contributed by atoms with Crippen LogP contribution in [0.2, 0.25) is 0 Å². The standard InChI is InChI=1S/C13H13F3N4O2S/c1-23-8-10-7-20(19-18-10)12(21)17-6-9-2-4-11(5-3-9)22-13(14,15)16/h2-5,7H,6,8H2,1H3,(H,17,21). The minimum atomic E-state index is -4.72. The maximum atomic E-state index is 12.0. The number of ether oxygens (including phenoxy) is 1. The molecule has 1 amide bonds. The summed E-state index contributed by atoms with van der Waals surface area (Å²) in [5.74, 6) is 0.332. The summed E-state index contributed by atoms with van der Waals surface area (Å²) in [5.41, 5.74) is 1.30. The van der Waals surface area contributed by atoms with Gasteiger partial charge in [-0.25, -0.2) is 4.79 Å². The molecule has 10 heteroatoms. The first-order valence-electron chi connectivity index (χ1n) is 6.40. The van der Waals surface area contributed by atoms with Gasteiger partial charge in [0, 0.05) is 12.3 Å². The van der Waals surface area contributed by atoms with Gasteiger partial charge in [0.15, 0.2) is 0 Å². The van der Waals surface area contributed by atoms with Crippen molar-refractivity contribution in [2.45, 2.75) is 18.7 Å². The van der Waals surface area contributed by atoms with E-state index in [-0.39, 0.29) is 12.3 Å². The zero-order valence-corrected chi connectivity index (χ0v) is 12.8. The predicted molar refractivity (Wildman–Crippen MR) is 78.0 cm³/mol. The normalized spacial score (nSPS) is 11.3. The van der Waals surface area contributed by atoms with Gasteiger partial charge in [0.1, 0.15) is 5.75 Å². The van der Waals surface area contributed by atoms with E-state index >= 15 is 0 Å². The molecule has 1 aromatic carbocycles. The average Bonchev–Trinajstić information content (AvgIpc) is 2.94. The van der Waals surface area contributed by atoms with Crippen LogP contribution in [0, 0.1) is 0 Å². The van der Waals surface area contributed by atoms with Gasteiger partial charge in [0.05, 0.1) is 11.9 Å². The van der Waals surface area contributed by atoms with Crippen LogP contribution in [0.25, 0.3) is 0 Å². The van der Waals surface area contributed by atoms with E-state index in [1.807, 2.05) is 6.26 Å². The van der Waals surface area contributed by atoms with Gasteiger partial charge in [0.2, 0.25) is 0 Å². The van der Waals surface area contributed by atoms with Crippen molar-refractivity contribution >= 4 is 17.8 Å². The van der Waals surface area contributed by atoms with Gasteiger partial charge in [-0.15, -0.1) is 18.3 Å². The summed E-state index contributed by atoms with van der Waals surface area (Å²) in [5, 5.41) is 10.1. The van der Waals surface area contributed by atoms with Crippen LogP contribution >= 0.6 is 11.8 Å². The fourth-order valence-electron chi connectivity index (χ4n) is 1.68. The Balaban J connectivity index is 1.88. The molecule has 0 unspecified atom stereocenters. The monoisotopic (exact) mass is 346 g/mol. The number of amides is 1. The van der Waals surface area contributed by atoms with Crippen molar-refractivity contribution in [3.05, 3.63) is 41.7 Å². The Morgan fingerprint density at radius 2 is 2.04 bits per heavy atom. The van der Waals surface area contributed by atoms with Gasteiger partial charge in [-0.2, -0.15) is 16.4 Å². The Kier molecular flexibility index (Phi) is 5.48. The highest BCUT2D eigenvalue weighted by Gasteiger charge is 2.30. The molecule has 2 aromatic rings. The van der Waals surface area contributed by atoms with Gasteiger partial charge < -0.3 is 10.1 Å². The summed E-state index contributed by atoms with van der Waals surface area (Å²) < 4.78 is 41.0. The van der Waals surface area contributed by atoms with Crippen LogP contribution < -0.4 is 10.1 Å². The first-order chi connectivity index (χ1) is 10.9. The zero-order valence-electron chi connectivity index (χ0n) is 12.0. The van der Waals surface area contributed by atoms with Crippen LogP contribution in [0.5, 0.6) is 5.75 Å². The number of nitrogens with one attached hydrogen (secondary N) is 1.